The number of hydrogen-bond acceptors (Lipinski definition) is 3. The topological polar surface area (TPSA) is 66.5 Å². The summed E-state index contributed by atoms with van der Waals surface area (Å²) >= 11 is 0. The summed E-state index contributed by atoms with van der Waals surface area (Å²) in [5.74, 6) is -0.0168. The molecule has 0 radical (unpaired) electrons. The maximum atomic E-state index is 12.9. The lowest BCUT2D eigenvalue weighted by Gasteiger charge is -2.20. The van der Waals surface area contributed by atoms with Crippen LogP contribution in [0.2, 0.25) is 0 Å². The zero-order valence-electron chi connectivity index (χ0n) is 18.7. The molecule has 0 bridgehead atoms. The summed E-state index contributed by atoms with van der Waals surface area (Å²) in [5, 5.41) is 3.09. The van der Waals surface area contributed by atoms with Crippen molar-refractivity contribution in [1.29, 1.82) is 0 Å². The second-order valence-electron chi connectivity index (χ2n) is 8.17. The smallest absolute Gasteiger partial charge is 0.243 e. The Morgan fingerprint density at radius 2 is 1.48 bits per heavy atom. The van der Waals surface area contributed by atoms with Crippen molar-refractivity contribution in [1.82, 2.24) is 4.31 Å². The second kappa shape index (κ2) is 10.9. The van der Waals surface area contributed by atoms with Crippen LogP contribution >= 0.6 is 0 Å². The minimum absolute atomic E-state index is 0.0168. The van der Waals surface area contributed by atoms with E-state index in [-0.39, 0.29) is 5.91 Å². The Bertz CT molecular complexity index is 954. The molecular weight excluding hydrogens is 408 g/mol. The number of rotatable bonds is 8. The van der Waals surface area contributed by atoms with E-state index in [0.717, 1.165) is 60.9 Å². The molecule has 1 saturated heterocycles. The number of amides is 1. The van der Waals surface area contributed by atoms with Crippen LogP contribution in [0.1, 0.15) is 62.6 Å². The summed E-state index contributed by atoms with van der Waals surface area (Å²) in [6.45, 7) is 5.38. The van der Waals surface area contributed by atoms with Gasteiger partial charge in [0.1, 0.15) is 0 Å². The van der Waals surface area contributed by atoms with Gasteiger partial charge in [0.25, 0.3) is 0 Å². The molecule has 1 aliphatic heterocycles. The van der Waals surface area contributed by atoms with E-state index in [9.17, 15) is 13.2 Å². The van der Waals surface area contributed by atoms with Gasteiger partial charge in [0.2, 0.25) is 15.9 Å². The quantitative estimate of drug-likeness (QED) is 0.629. The second-order valence-corrected chi connectivity index (χ2v) is 10.1. The fourth-order valence-corrected chi connectivity index (χ4v) is 5.64. The number of nitrogens with one attached hydrogen (secondary N) is 1. The molecule has 0 aromatic heterocycles. The molecule has 0 spiro atoms. The molecule has 1 N–H and O–H groups in total. The summed E-state index contributed by atoms with van der Waals surface area (Å²) in [6.07, 6.45) is 6.71. The third kappa shape index (κ3) is 5.95. The summed E-state index contributed by atoms with van der Waals surface area (Å²) in [5.41, 5.74) is 4.20. The van der Waals surface area contributed by atoms with Gasteiger partial charge in [-0.15, -0.1) is 0 Å². The van der Waals surface area contributed by atoms with Crippen LogP contribution in [0.15, 0.2) is 47.4 Å². The summed E-state index contributed by atoms with van der Waals surface area (Å²) in [4.78, 5) is 12.9. The van der Waals surface area contributed by atoms with Crippen molar-refractivity contribution >= 4 is 21.6 Å². The molecule has 1 fully saturated rings. The van der Waals surface area contributed by atoms with Crippen LogP contribution in [-0.2, 0) is 34.1 Å². The third-order valence-electron chi connectivity index (χ3n) is 6.03. The molecule has 1 aliphatic rings. The van der Waals surface area contributed by atoms with Gasteiger partial charge in [-0.2, -0.15) is 4.31 Å². The van der Waals surface area contributed by atoms with E-state index < -0.39 is 10.0 Å². The van der Waals surface area contributed by atoms with Crippen LogP contribution in [0, 0.1) is 0 Å². The molecule has 2 aromatic rings. The van der Waals surface area contributed by atoms with Crippen molar-refractivity contribution in [3.05, 3.63) is 59.2 Å². The molecule has 3 rings (SSSR count). The standard InChI is InChI=1S/C25H34N2O3S/c1-3-21-10-9-11-22(4-2)25(21)26-24(28)17-14-20-12-15-23(16-13-20)31(29,30)27-18-7-5-6-8-19-27/h9-13,15-16H,3-8,14,17-19H2,1-2H3,(H,26,28). The highest BCUT2D eigenvalue weighted by molar-refractivity contribution is 7.89. The third-order valence-corrected chi connectivity index (χ3v) is 7.94. The molecule has 0 unspecified atom stereocenters. The van der Waals surface area contributed by atoms with Crippen LogP contribution < -0.4 is 5.32 Å². The fourth-order valence-electron chi connectivity index (χ4n) is 4.12. The molecule has 6 heteroatoms. The van der Waals surface area contributed by atoms with E-state index >= 15 is 0 Å². The number of aryl methyl sites for hydroxylation is 3. The molecule has 2 aromatic carbocycles. The SMILES string of the molecule is CCc1cccc(CC)c1NC(=O)CCc1ccc(S(=O)(=O)N2CCCCCC2)cc1. The zero-order valence-corrected chi connectivity index (χ0v) is 19.5. The summed E-state index contributed by atoms with van der Waals surface area (Å²) in [7, 11) is -3.44. The molecule has 31 heavy (non-hydrogen) atoms. The Kier molecular flexibility index (Phi) is 8.27. The molecule has 168 valence electrons. The summed E-state index contributed by atoms with van der Waals surface area (Å²) in [6, 6.07) is 13.2. The number of hydrogen-bond donors (Lipinski definition) is 1. The van der Waals surface area contributed by atoms with Gasteiger partial charge in [-0.1, -0.05) is 57.0 Å². The van der Waals surface area contributed by atoms with Gasteiger partial charge in [0, 0.05) is 25.2 Å². The first-order valence-electron chi connectivity index (χ1n) is 11.5. The molecule has 0 saturated carbocycles. The predicted molar refractivity (Wildman–Crippen MR) is 126 cm³/mol. The van der Waals surface area contributed by atoms with Crippen LogP contribution in [0.3, 0.4) is 0 Å². The van der Waals surface area contributed by atoms with Gasteiger partial charge >= 0.3 is 0 Å². The van der Waals surface area contributed by atoms with Crippen LogP contribution in [-0.4, -0.2) is 31.7 Å². The maximum Gasteiger partial charge on any atom is 0.243 e. The Balaban J connectivity index is 1.61. The number of sulfonamides is 1. The molecule has 0 atom stereocenters. The first kappa shape index (κ1) is 23.5. The Hall–Kier alpha value is -2.18. The molecular formula is C25H34N2O3S. The summed E-state index contributed by atoms with van der Waals surface area (Å²) < 4.78 is 27.4. The predicted octanol–water partition coefficient (Wildman–Crippen LogP) is 4.95. The Morgan fingerprint density at radius 1 is 0.903 bits per heavy atom. The number of anilines is 1. The molecule has 1 heterocycles. The first-order chi connectivity index (χ1) is 15.0. The van der Waals surface area contributed by atoms with Gasteiger partial charge in [-0.05, 0) is 60.9 Å². The highest BCUT2D eigenvalue weighted by Gasteiger charge is 2.24. The lowest BCUT2D eigenvalue weighted by Crippen LogP contribution is -2.31. The van der Waals surface area contributed by atoms with Gasteiger partial charge < -0.3 is 5.32 Å². The van der Waals surface area contributed by atoms with Crippen LogP contribution in [0.25, 0.3) is 0 Å². The zero-order chi connectivity index (χ0) is 22.3. The van der Waals surface area contributed by atoms with Crippen LogP contribution in [0.4, 0.5) is 5.69 Å². The van der Waals surface area contributed by atoms with Crippen molar-refractivity contribution in [3.63, 3.8) is 0 Å². The largest absolute Gasteiger partial charge is 0.326 e. The van der Waals surface area contributed by atoms with Crippen molar-refractivity contribution in [3.8, 4) is 0 Å². The number of para-hydroxylation sites is 1. The number of benzene rings is 2. The highest BCUT2D eigenvalue weighted by atomic mass is 32.2. The van der Waals surface area contributed by atoms with Gasteiger partial charge in [-0.25, -0.2) is 8.42 Å². The van der Waals surface area contributed by atoms with Gasteiger partial charge in [0.15, 0.2) is 0 Å². The Morgan fingerprint density at radius 3 is 2.03 bits per heavy atom. The monoisotopic (exact) mass is 442 g/mol. The van der Waals surface area contributed by atoms with E-state index in [4.69, 9.17) is 0 Å². The molecule has 0 aliphatic carbocycles. The van der Waals surface area contributed by atoms with E-state index in [1.165, 1.54) is 0 Å². The van der Waals surface area contributed by atoms with Crippen LogP contribution in [0.5, 0.6) is 0 Å². The lowest BCUT2D eigenvalue weighted by molar-refractivity contribution is -0.116. The van der Waals surface area contributed by atoms with E-state index in [0.29, 0.717) is 30.8 Å². The van der Waals surface area contributed by atoms with Gasteiger partial charge in [-0.3, -0.25) is 4.79 Å². The average Bonchev–Trinajstić information content (AvgIpc) is 3.08. The molecule has 5 nitrogen and oxygen atoms in total. The minimum Gasteiger partial charge on any atom is -0.326 e. The fraction of sp³-hybridized carbons (Fsp3) is 0.480. The average molecular weight is 443 g/mol. The highest BCUT2D eigenvalue weighted by Crippen LogP contribution is 2.24. The number of nitrogens with zero attached hydrogens (tertiary/aromatic N) is 1. The minimum atomic E-state index is -3.44. The van der Waals surface area contributed by atoms with Gasteiger partial charge in [0.05, 0.1) is 4.90 Å². The normalized spacial score (nSPS) is 15.4. The van der Waals surface area contributed by atoms with E-state index in [2.05, 4.69) is 31.3 Å². The van der Waals surface area contributed by atoms with Crippen molar-refractivity contribution < 1.29 is 13.2 Å². The van der Waals surface area contributed by atoms with Crippen molar-refractivity contribution in [2.45, 2.75) is 70.1 Å². The van der Waals surface area contributed by atoms with Crippen molar-refractivity contribution in [2.24, 2.45) is 0 Å². The number of carbonyl (C=O) groups excluding carboxylic acids is 1. The van der Waals surface area contributed by atoms with E-state index in [1.807, 2.05) is 18.2 Å². The van der Waals surface area contributed by atoms with Crippen molar-refractivity contribution in [2.75, 3.05) is 18.4 Å². The first-order valence-corrected chi connectivity index (χ1v) is 12.9. The van der Waals surface area contributed by atoms with E-state index in [1.54, 1.807) is 16.4 Å². The molecule has 1 amide bonds. The Labute approximate surface area is 186 Å². The lowest BCUT2D eigenvalue weighted by atomic mass is 10.0. The number of carbonyl (C=O) groups is 1. The maximum absolute atomic E-state index is 12.9.